The summed E-state index contributed by atoms with van der Waals surface area (Å²) in [6, 6.07) is 13.8. The summed E-state index contributed by atoms with van der Waals surface area (Å²) < 4.78 is 5.21. The van der Waals surface area contributed by atoms with Gasteiger partial charge in [-0.15, -0.1) is 0 Å². The Hall–Kier alpha value is -2.68. The lowest BCUT2D eigenvalue weighted by Gasteiger charge is -2.07. The number of fused-ring (bicyclic) bond motifs is 1. The standard InChI is InChI=1S/C17H11Cl2N3O2/c18-10-4-5-14-13(8-10)15(19)16(22-14)17(23)21-11-2-1-3-12(9-11)24-7-6-20/h1-5,8-9,22H,7H2,(H,21,23). The van der Waals surface area contributed by atoms with Crippen molar-refractivity contribution in [2.75, 3.05) is 11.9 Å². The number of aromatic amines is 1. The molecule has 1 aromatic heterocycles. The van der Waals surface area contributed by atoms with Crippen molar-refractivity contribution in [2.24, 2.45) is 0 Å². The van der Waals surface area contributed by atoms with E-state index in [-0.39, 0.29) is 18.2 Å². The largest absolute Gasteiger partial charge is 0.479 e. The first-order valence-electron chi connectivity index (χ1n) is 6.96. The molecule has 0 saturated heterocycles. The molecule has 0 aliphatic heterocycles. The molecule has 0 atom stereocenters. The summed E-state index contributed by atoms with van der Waals surface area (Å²) in [4.78, 5) is 15.4. The minimum atomic E-state index is -0.384. The molecule has 120 valence electrons. The third kappa shape index (κ3) is 3.30. The zero-order valence-corrected chi connectivity index (χ0v) is 13.8. The van der Waals surface area contributed by atoms with Gasteiger partial charge in [-0.05, 0) is 30.3 Å². The maximum Gasteiger partial charge on any atom is 0.273 e. The van der Waals surface area contributed by atoms with Crippen LogP contribution in [0.2, 0.25) is 10.0 Å². The zero-order valence-electron chi connectivity index (χ0n) is 12.3. The van der Waals surface area contributed by atoms with Gasteiger partial charge in [0.2, 0.25) is 0 Å². The summed E-state index contributed by atoms with van der Waals surface area (Å²) in [5.41, 5.74) is 1.50. The summed E-state index contributed by atoms with van der Waals surface area (Å²) in [6.07, 6.45) is 0. The molecular weight excluding hydrogens is 349 g/mol. The minimum absolute atomic E-state index is 0.0635. The Bertz CT molecular complexity index is 960. The Balaban J connectivity index is 1.85. The van der Waals surface area contributed by atoms with E-state index in [9.17, 15) is 4.79 Å². The van der Waals surface area contributed by atoms with Crippen LogP contribution in [-0.4, -0.2) is 17.5 Å². The van der Waals surface area contributed by atoms with E-state index in [1.54, 1.807) is 42.5 Å². The summed E-state index contributed by atoms with van der Waals surface area (Å²) in [5.74, 6) is 0.105. The number of H-pyrrole nitrogens is 1. The second kappa shape index (κ2) is 6.83. The fourth-order valence-electron chi connectivity index (χ4n) is 2.26. The van der Waals surface area contributed by atoms with Gasteiger partial charge in [0.05, 0.1) is 5.02 Å². The van der Waals surface area contributed by atoms with Crippen LogP contribution < -0.4 is 10.1 Å². The second-order valence-corrected chi connectivity index (χ2v) is 5.75. The number of rotatable bonds is 4. The van der Waals surface area contributed by atoms with Gasteiger partial charge in [-0.1, -0.05) is 29.3 Å². The van der Waals surface area contributed by atoms with Crippen molar-refractivity contribution in [1.82, 2.24) is 4.98 Å². The van der Waals surface area contributed by atoms with Crippen LogP contribution in [0.4, 0.5) is 5.69 Å². The number of nitriles is 1. The molecule has 0 saturated carbocycles. The van der Waals surface area contributed by atoms with E-state index in [1.165, 1.54) is 0 Å². The highest BCUT2D eigenvalue weighted by Gasteiger charge is 2.17. The molecule has 0 aliphatic carbocycles. The van der Waals surface area contributed by atoms with E-state index in [0.29, 0.717) is 26.9 Å². The second-order valence-electron chi connectivity index (χ2n) is 4.93. The summed E-state index contributed by atoms with van der Waals surface area (Å²) in [5, 5.41) is 12.8. The van der Waals surface area contributed by atoms with Gasteiger partial charge in [0.25, 0.3) is 5.91 Å². The minimum Gasteiger partial charge on any atom is -0.479 e. The normalized spacial score (nSPS) is 10.4. The van der Waals surface area contributed by atoms with Crippen molar-refractivity contribution in [3.05, 3.63) is 58.2 Å². The third-order valence-corrected chi connectivity index (χ3v) is 3.95. The Morgan fingerprint density at radius 1 is 1.25 bits per heavy atom. The Labute approximate surface area is 147 Å². The third-order valence-electron chi connectivity index (χ3n) is 3.32. The van der Waals surface area contributed by atoms with E-state index in [0.717, 1.165) is 5.52 Å². The lowest BCUT2D eigenvalue weighted by atomic mass is 10.2. The van der Waals surface area contributed by atoms with Crippen molar-refractivity contribution in [1.29, 1.82) is 5.26 Å². The van der Waals surface area contributed by atoms with Crippen LogP contribution in [-0.2, 0) is 0 Å². The highest BCUT2D eigenvalue weighted by molar-refractivity contribution is 6.40. The average Bonchev–Trinajstić information content (AvgIpc) is 2.90. The van der Waals surface area contributed by atoms with Gasteiger partial charge in [-0.2, -0.15) is 5.26 Å². The molecule has 0 bridgehead atoms. The topological polar surface area (TPSA) is 77.9 Å². The Morgan fingerprint density at radius 2 is 2.08 bits per heavy atom. The first kappa shape index (κ1) is 16.2. The average molecular weight is 360 g/mol. The number of carbonyl (C=O) groups is 1. The van der Waals surface area contributed by atoms with Gasteiger partial charge in [0, 0.05) is 27.7 Å². The molecule has 1 amide bonds. The highest BCUT2D eigenvalue weighted by atomic mass is 35.5. The van der Waals surface area contributed by atoms with Crippen molar-refractivity contribution in [2.45, 2.75) is 0 Å². The molecule has 0 aliphatic rings. The van der Waals surface area contributed by atoms with Crippen LogP contribution in [0.15, 0.2) is 42.5 Å². The number of benzene rings is 2. The number of hydrogen-bond donors (Lipinski definition) is 2. The lowest BCUT2D eigenvalue weighted by molar-refractivity contribution is 0.102. The van der Waals surface area contributed by atoms with Gasteiger partial charge >= 0.3 is 0 Å². The van der Waals surface area contributed by atoms with Gasteiger partial charge in [-0.25, -0.2) is 0 Å². The number of nitrogens with one attached hydrogen (secondary N) is 2. The van der Waals surface area contributed by atoms with Gasteiger partial charge in [0.1, 0.15) is 17.5 Å². The van der Waals surface area contributed by atoms with Crippen LogP contribution in [0.5, 0.6) is 5.75 Å². The predicted octanol–water partition coefficient (Wildman–Crippen LogP) is 4.63. The molecule has 0 fully saturated rings. The molecule has 5 nitrogen and oxygen atoms in total. The molecule has 2 aromatic carbocycles. The quantitative estimate of drug-likeness (QED) is 0.712. The van der Waals surface area contributed by atoms with E-state index < -0.39 is 0 Å². The number of nitrogens with zero attached hydrogens (tertiary/aromatic N) is 1. The van der Waals surface area contributed by atoms with Gasteiger partial charge < -0.3 is 15.0 Å². The Morgan fingerprint density at radius 3 is 2.88 bits per heavy atom. The van der Waals surface area contributed by atoms with Crippen LogP contribution in [0, 0.1) is 11.3 Å². The fraction of sp³-hybridized carbons (Fsp3) is 0.0588. The van der Waals surface area contributed by atoms with Crippen molar-refractivity contribution < 1.29 is 9.53 Å². The number of halogens is 2. The van der Waals surface area contributed by atoms with E-state index in [1.807, 2.05) is 6.07 Å². The number of ether oxygens (including phenoxy) is 1. The molecule has 0 unspecified atom stereocenters. The maximum atomic E-state index is 12.5. The van der Waals surface area contributed by atoms with Crippen LogP contribution in [0.1, 0.15) is 10.5 Å². The monoisotopic (exact) mass is 359 g/mol. The number of anilines is 1. The molecule has 2 N–H and O–H groups in total. The van der Waals surface area contributed by atoms with Gasteiger partial charge in [0.15, 0.2) is 6.61 Å². The SMILES string of the molecule is N#CCOc1cccc(NC(=O)c2[nH]c3ccc(Cl)cc3c2Cl)c1. The molecule has 1 heterocycles. The van der Waals surface area contributed by atoms with Crippen LogP contribution in [0.25, 0.3) is 10.9 Å². The highest BCUT2D eigenvalue weighted by Crippen LogP contribution is 2.30. The molecule has 0 spiro atoms. The number of carbonyl (C=O) groups excluding carboxylic acids is 1. The van der Waals surface area contributed by atoms with Crippen molar-refractivity contribution >= 4 is 45.7 Å². The molecule has 0 radical (unpaired) electrons. The maximum absolute atomic E-state index is 12.5. The molecule has 7 heteroatoms. The predicted molar refractivity (Wildman–Crippen MR) is 93.8 cm³/mol. The molecular formula is C17H11Cl2N3O2. The van der Waals surface area contributed by atoms with E-state index in [2.05, 4.69) is 10.3 Å². The number of amides is 1. The van der Waals surface area contributed by atoms with Crippen molar-refractivity contribution in [3.63, 3.8) is 0 Å². The molecule has 24 heavy (non-hydrogen) atoms. The van der Waals surface area contributed by atoms with Gasteiger partial charge in [-0.3, -0.25) is 4.79 Å². The molecule has 3 aromatic rings. The summed E-state index contributed by atoms with van der Waals surface area (Å²) in [7, 11) is 0. The number of hydrogen-bond acceptors (Lipinski definition) is 3. The van der Waals surface area contributed by atoms with Crippen molar-refractivity contribution in [3.8, 4) is 11.8 Å². The van der Waals surface area contributed by atoms with E-state index >= 15 is 0 Å². The van der Waals surface area contributed by atoms with E-state index in [4.69, 9.17) is 33.2 Å². The Kier molecular flexibility index (Phi) is 4.61. The zero-order chi connectivity index (χ0) is 17.1. The first-order chi connectivity index (χ1) is 11.6. The fourth-order valence-corrected chi connectivity index (χ4v) is 2.72. The lowest BCUT2D eigenvalue weighted by Crippen LogP contribution is -2.12. The number of aromatic nitrogens is 1. The van der Waals surface area contributed by atoms with Crippen LogP contribution in [0.3, 0.4) is 0 Å². The molecule has 3 rings (SSSR count). The first-order valence-corrected chi connectivity index (χ1v) is 7.72. The summed E-state index contributed by atoms with van der Waals surface area (Å²) in [6.45, 7) is -0.0635. The smallest absolute Gasteiger partial charge is 0.273 e. The summed E-state index contributed by atoms with van der Waals surface area (Å²) >= 11 is 12.2. The van der Waals surface area contributed by atoms with Crippen LogP contribution >= 0.6 is 23.2 Å².